The fraction of sp³-hybridized carbons (Fsp3) is 0.0652. The van der Waals surface area contributed by atoms with Crippen LogP contribution in [0.3, 0.4) is 0 Å². The molecule has 0 spiro atoms. The van der Waals surface area contributed by atoms with Crippen LogP contribution < -0.4 is 16.0 Å². The second kappa shape index (κ2) is 13.9. The zero-order valence-electron chi connectivity index (χ0n) is 28.5. The topological polar surface area (TPSA) is 58.6 Å². The van der Waals surface area contributed by atoms with Gasteiger partial charge in [-0.15, -0.1) is 0 Å². The van der Waals surface area contributed by atoms with Gasteiger partial charge in [0.25, 0.3) is 0 Å². The highest BCUT2D eigenvalue weighted by Crippen LogP contribution is 2.39. The number of nitrogens with one attached hydrogen (secondary N) is 1. The number of anilines is 1. The van der Waals surface area contributed by atoms with Gasteiger partial charge in [-0.25, -0.2) is 0 Å². The molecule has 3 N–H and O–H groups in total. The van der Waals surface area contributed by atoms with Crippen LogP contribution in [0, 0.1) is 0 Å². The molecule has 2 aliphatic heterocycles. The number of aliphatic imine (C=N–C) groups is 1. The molecule has 9 rings (SSSR count). The van der Waals surface area contributed by atoms with Gasteiger partial charge >= 0.3 is 0 Å². The average Bonchev–Trinajstić information content (AvgIpc) is 3.92. The Morgan fingerprint density at radius 3 is 2.08 bits per heavy atom. The Labute approximate surface area is 299 Å². The Balaban J connectivity index is 0.000000325. The molecule has 6 aromatic carbocycles. The molecule has 0 saturated carbocycles. The first-order chi connectivity index (χ1) is 25.1. The van der Waals surface area contributed by atoms with Gasteiger partial charge in [0.05, 0.1) is 28.6 Å². The van der Waals surface area contributed by atoms with E-state index in [1.165, 1.54) is 44.2 Å². The lowest BCUT2D eigenvalue weighted by Crippen LogP contribution is -2.25. The molecular weight excluding hydrogens is 623 g/mol. The van der Waals surface area contributed by atoms with E-state index >= 15 is 0 Å². The average molecular weight is 662 g/mol. The minimum absolute atomic E-state index is 0.00184. The fourth-order valence-electron chi connectivity index (χ4n) is 6.85. The maximum atomic E-state index is 5.68. The lowest BCUT2D eigenvalue weighted by molar-refractivity contribution is 0.622. The van der Waals surface area contributed by atoms with Gasteiger partial charge < -0.3 is 20.5 Å². The van der Waals surface area contributed by atoms with Crippen LogP contribution in [0.4, 0.5) is 5.69 Å². The molecule has 0 aliphatic carbocycles. The highest BCUT2D eigenvalue weighted by molar-refractivity contribution is 6.15. The van der Waals surface area contributed by atoms with Gasteiger partial charge in [-0.1, -0.05) is 128 Å². The summed E-state index contributed by atoms with van der Waals surface area (Å²) in [5.41, 5.74) is 18.2. The van der Waals surface area contributed by atoms with Crippen molar-refractivity contribution in [3.05, 3.63) is 199 Å². The second-order valence-corrected chi connectivity index (χ2v) is 12.7. The van der Waals surface area contributed by atoms with E-state index < -0.39 is 0 Å². The van der Waals surface area contributed by atoms with Gasteiger partial charge in [0, 0.05) is 28.2 Å². The van der Waals surface area contributed by atoms with Crippen LogP contribution in [0.15, 0.2) is 188 Å². The number of allylic oxidation sites excluding steroid dienone is 4. The molecule has 0 radical (unpaired) electrons. The molecule has 0 fully saturated rings. The third-order valence-electron chi connectivity index (χ3n) is 9.54. The zero-order chi connectivity index (χ0) is 34.7. The van der Waals surface area contributed by atoms with Crippen molar-refractivity contribution >= 4 is 38.8 Å². The van der Waals surface area contributed by atoms with Crippen LogP contribution in [0.25, 0.3) is 44.2 Å². The molecule has 0 bridgehead atoms. The Hall–Kier alpha value is -6.27. The van der Waals surface area contributed by atoms with E-state index in [9.17, 15) is 0 Å². The first kappa shape index (κ1) is 32.0. The molecule has 0 amide bonds. The maximum absolute atomic E-state index is 5.68. The summed E-state index contributed by atoms with van der Waals surface area (Å²) in [6.07, 6.45) is 8.28. The van der Waals surface area contributed by atoms with Crippen molar-refractivity contribution in [2.24, 2.45) is 10.7 Å². The summed E-state index contributed by atoms with van der Waals surface area (Å²) in [5.74, 6) is 0. The first-order valence-electron chi connectivity index (χ1n) is 17.3. The molecule has 5 heteroatoms. The monoisotopic (exact) mass is 661 g/mol. The van der Waals surface area contributed by atoms with Crippen molar-refractivity contribution in [1.82, 2.24) is 9.88 Å². The molecule has 7 aromatic rings. The molecule has 5 nitrogen and oxygen atoms in total. The summed E-state index contributed by atoms with van der Waals surface area (Å²) in [7, 11) is 1.84. The number of nitrogens with zero attached hydrogens (tertiary/aromatic N) is 3. The third-order valence-corrected chi connectivity index (χ3v) is 9.54. The molecule has 2 aliphatic rings. The van der Waals surface area contributed by atoms with Gasteiger partial charge in [-0.05, 0) is 83.4 Å². The maximum Gasteiger partial charge on any atom is 0.168 e. The normalized spacial score (nSPS) is 16.7. The van der Waals surface area contributed by atoms with E-state index in [1.54, 1.807) is 0 Å². The third kappa shape index (κ3) is 6.32. The summed E-state index contributed by atoms with van der Waals surface area (Å²) in [6.45, 7) is 4.42. The van der Waals surface area contributed by atoms with Crippen molar-refractivity contribution in [1.29, 1.82) is 0 Å². The van der Waals surface area contributed by atoms with E-state index in [0.717, 1.165) is 28.1 Å². The summed E-state index contributed by atoms with van der Waals surface area (Å²) < 4.78 is 2.35. The molecule has 2 unspecified atom stereocenters. The van der Waals surface area contributed by atoms with Crippen LogP contribution in [-0.2, 0) is 0 Å². The largest absolute Gasteiger partial charge is 0.320 e. The van der Waals surface area contributed by atoms with Crippen molar-refractivity contribution in [3.8, 4) is 16.8 Å². The van der Waals surface area contributed by atoms with E-state index in [1.807, 2.05) is 43.4 Å². The molecule has 3 heterocycles. The molecular formula is C46H39N5. The molecule has 248 valence electrons. The van der Waals surface area contributed by atoms with Crippen molar-refractivity contribution in [3.63, 3.8) is 0 Å². The highest BCUT2D eigenvalue weighted by atomic mass is 15.3. The predicted octanol–water partition coefficient (Wildman–Crippen LogP) is 10.0. The van der Waals surface area contributed by atoms with Crippen LogP contribution >= 0.6 is 0 Å². The number of hydrogen-bond donors (Lipinski definition) is 2. The number of nitrogens with two attached hydrogens (primary N) is 1. The zero-order valence-corrected chi connectivity index (χ0v) is 28.5. The van der Waals surface area contributed by atoms with E-state index in [4.69, 9.17) is 10.7 Å². The van der Waals surface area contributed by atoms with Crippen molar-refractivity contribution < 1.29 is 0 Å². The van der Waals surface area contributed by atoms with Gasteiger partial charge in [0.2, 0.25) is 0 Å². The van der Waals surface area contributed by atoms with Crippen molar-refractivity contribution in [2.45, 2.75) is 12.3 Å². The summed E-state index contributed by atoms with van der Waals surface area (Å²) in [4.78, 5) is 7.11. The molecule has 1 aromatic heterocycles. The van der Waals surface area contributed by atoms with Crippen LogP contribution in [0.5, 0.6) is 0 Å². The predicted molar refractivity (Wildman–Crippen MR) is 215 cm³/mol. The minimum atomic E-state index is -0.0406. The Kier molecular flexibility index (Phi) is 8.73. The second-order valence-electron chi connectivity index (χ2n) is 12.7. The molecule has 0 saturated heterocycles. The quantitative estimate of drug-likeness (QED) is 0.175. The van der Waals surface area contributed by atoms with E-state index in [2.05, 4.69) is 161 Å². The number of rotatable bonds is 6. The Morgan fingerprint density at radius 2 is 1.31 bits per heavy atom. The number of fused-ring (bicyclic) bond motifs is 4. The van der Waals surface area contributed by atoms with Crippen molar-refractivity contribution in [2.75, 3.05) is 11.9 Å². The van der Waals surface area contributed by atoms with Crippen LogP contribution in [0.2, 0.25) is 0 Å². The summed E-state index contributed by atoms with van der Waals surface area (Å²) in [5, 5.41) is 5.46. The smallest absolute Gasteiger partial charge is 0.168 e. The molecule has 51 heavy (non-hydrogen) atoms. The summed E-state index contributed by atoms with van der Waals surface area (Å²) in [6, 6.07) is 53.1. The number of para-hydroxylation sites is 2. The number of hydrogen-bond acceptors (Lipinski definition) is 4. The first-order valence-corrected chi connectivity index (χ1v) is 17.3. The van der Waals surface area contributed by atoms with Gasteiger partial charge in [0.1, 0.15) is 0 Å². The lowest BCUT2D eigenvalue weighted by Gasteiger charge is -2.25. The van der Waals surface area contributed by atoms with Gasteiger partial charge in [-0.3, -0.25) is 4.99 Å². The molecule has 2 atom stereocenters. The lowest BCUT2D eigenvalue weighted by atomic mass is 9.95. The van der Waals surface area contributed by atoms with Gasteiger partial charge in [0.15, 0.2) is 6.17 Å². The Bertz CT molecular complexity index is 2440. The Morgan fingerprint density at radius 1 is 0.667 bits per heavy atom. The van der Waals surface area contributed by atoms with E-state index in [0.29, 0.717) is 0 Å². The fourth-order valence-corrected chi connectivity index (χ4v) is 6.85. The van der Waals surface area contributed by atoms with E-state index in [-0.39, 0.29) is 12.3 Å². The highest BCUT2D eigenvalue weighted by Gasteiger charge is 2.35. The number of aromatic nitrogens is 1. The van der Waals surface area contributed by atoms with Crippen LogP contribution in [0.1, 0.15) is 22.9 Å². The minimum Gasteiger partial charge on any atom is -0.320 e. The SMILES string of the molecule is C=C1/C=C\C=C/N(C2N=C2c2ccccc2)c2ccc(-c3ccc4c(c3)c3ccccc3n4-c3ccccc3)cc21.CNC(N)c1ccccc1. The van der Waals surface area contributed by atoms with Gasteiger partial charge in [-0.2, -0.15) is 0 Å². The standard InChI is InChI=1S/C38H27N3.C8H12N2/c1-26-12-10-11-23-40(38-37(39-38)27-13-4-2-5-14-27)34-21-19-28(24-32(26)34)29-20-22-36-33(25-29)31-17-8-9-18-35(31)41(36)30-15-6-3-7-16-30;1-10-8(9)7-5-3-2-4-6-7/h2-25,38H,1H2;2-6,8,10H,9H2,1H3/b12-10-,23-11-;. The van der Waals surface area contributed by atoms with Crippen LogP contribution in [-0.4, -0.2) is 23.5 Å². The number of benzene rings is 6. The summed E-state index contributed by atoms with van der Waals surface area (Å²) >= 11 is 0.